The van der Waals surface area contributed by atoms with E-state index in [1.54, 1.807) is 15.7 Å². The molecule has 4 aromatic heterocycles. The second-order valence-corrected chi connectivity index (χ2v) is 6.40. The van der Waals surface area contributed by atoms with Gasteiger partial charge in [-0.3, -0.25) is 14.2 Å². The molecule has 0 bridgehead atoms. The number of thiophene rings is 1. The molecule has 2 N–H and O–H groups in total. The fourth-order valence-electron chi connectivity index (χ4n) is 2.72. The van der Waals surface area contributed by atoms with E-state index >= 15 is 0 Å². The highest BCUT2D eigenvalue weighted by atomic mass is 32.1. The maximum atomic E-state index is 11.6. The molecular formula is C18H14N4OS. The summed E-state index contributed by atoms with van der Waals surface area (Å²) < 4.78 is 1.73. The van der Waals surface area contributed by atoms with Crippen LogP contribution in [0.25, 0.3) is 27.3 Å². The number of rotatable bonds is 3. The lowest BCUT2D eigenvalue weighted by Crippen LogP contribution is -2.13. The highest BCUT2D eigenvalue weighted by molar-refractivity contribution is 7.14. The van der Waals surface area contributed by atoms with Crippen molar-refractivity contribution in [3.63, 3.8) is 0 Å². The number of hydrogen-bond donors (Lipinski definition) is 1. The van der Waals surface area contributed by atoms with Gasteiger partial charge in [-0.25, -0.2) is 4.98 Å². The van der Waals surface area contributed by atoms with E-state index in [-0.39, 0.29) is 0 Å². The molecule has 0 radical (unpaired) electrons. The van der Waals surface area contributed by atoms with Gasteiger partial charge in [-0.15, -0.1) is 11.3 Å². The summed E-state index contributed by atoms with van der Waals surface area (Å²) in [5.74, 6) is -0.494. The molecule has 24 heavy (non-hydrogen) atoms. The van der Waals surface area contributed by atoms with Crippen molar-refractivity contribution in [3.8, 4) is 21.7 Å². The van der Waals surface area contributed by atoms with Crippen molar-refractivity contribution in [2.24, 2.45) is 5.73 Å². The molecule has 0 aliphatic carbocycles. The number of carbonyl (C=O) groups is 1. The normalized spacial score (nSPS) is 11.0. The van der Waals surface area contributed by atoms with Gasteiger partial charge < -0.3 is 5.73 Å². The molecule has 1 amide bonds. The summed E-state index contributed by atoms with van der Waals surface area (Å²) in [5, 5.41) is 2.04. The van der Waals surface area contributed by atoms with Crippen LogP contribution in [0.5, 0.6) is 0 Å². The number of amides is 1. The van der Waals surface area contributed by atoms with E-state index in [1.165, 1.54) is 6.20 Å². The van der Waals surface area contributed by atoms with Gasteiger partial charge in [0.2, 0.25) is 0 Å². The zero-order valence-electron chi connectivity index (χ0n) is 12.9. The number of aromatic nitrogens is 3. The summed E-state index contributed by atoms with van der Waals surface area (Å²) in [5.41, 5.74) is 10.5. The molecule has 0 saturated carbocycles. The lowest BCUT2D eigenvalue weighted by atomic mass is 10.1. The largest absolute Gasteiger partial charge is 0.364 e. The molecule has 5 nitrogen and oxygen atoms in total. The third kappa shape index (κ3) is 2.37. The number of imidazole rings is 1. The van der Waals surface area contributed by atoms with Crippen molar-refractivity contribution in [3.05, 3.63) is 65.6 Å². The van der Waals surface area contributed by atoms with Crippen LogP contribution in [0.3, 0.4) is 0 Å². The van der Waals surface area contributed by atoms with Gasteiger partial charge in [0.15, 0.2) is 0 Å². The molecule has 4 rings (SSSR count). The predicted octanol–water partition coefficient (Wildman–Crippen LogP) is 3.53. The first kappa shape index (κ1) is 14.6. The first-order valence-corrected chi connectivity index (χ1v) is 8.30. The van der Waals surface area contributed by atoms with E-state index in [4.69, 9.17) is 5.73 Å². The molecule has 0 saturated heterocycles. The number of carbonyl (C=O) groups excluding carboxylic acids is 1. The number of nitrogens with two attached hydrogens (primary N) is 1. The van der Waals surface area contributed by atoms with Crippen LogP contribution < -0.4 is 5.73 Å². The van der Waals surface area contributed by atoms with Gasteiger partial charge >= 0.3 is 0 Å². The first-order valence-electron chi connectivity index (χ1n) is 7.42. The molecular weight excluding hydrogens is 320 g/mol. The van der Waals surface area contributed by atoms with Crippen LogP contribution in [-0.2, 0) is 0 Å². The Morgan fingerprint density at radius 3 is 2.88 bits per heavy atom. The maximum absolute atomic E-state index is 11.6. The summed E-state index contributed by atoms with van der Waals surface area (Å²) in [7, 11) is 0. The van der Waals surface area contributed by atoms with Crippen LogP contribution in [0.15, 0.2) is 54.2 Å². The Morgan fingerprint density at radius 1 is 1.21 bits per heavy atom. The maximum Gasteiger partial charge on any atom is 0.267 e. The van der Waals surface area contributed by atoms with E-state index in [2.05, 4.69) is 16.0 Å². The lowest BCUT2D eigenvalue weighted by molar-refractivity contribution is 0.0995. The summed E-state index contributed by atoms with van der Waals surface area (Å²) in [6, 6.07) is 11.9. The van der Waals surface area contributed by atoms with Crippen molar-refractivity contribution in [1.82, 2.24) is 14.4 Å². The number of hydrogen-bond acceptors (Lipinski definition) is 4. The molecule has 0 aliphatic rings. The monoisotopic (exact) mass is 334 g/mol. The zero-order valence-corrected chi connectivity index (χ0v) is 13.7. The number of primary amides is 1. The van der Waals surface area contributed by atoms with E-state index in [0.29, 0.717) is 11.3 Å². The smallest absolute Gasteiger partial charge is 0.267 e. The number of nitrogens with zero attached hydrogens (tertiary/aromatic N) is 3. The van der Waals surface area contributed by atoms with Gasteiger partial charge in [-0.2, -0.15) is 0 Å². The summed E-state index contributed by atoms with van der Waals surface area (Å²) in [4.78, 5) is 21.5. The van der Waals surface area contributed by atoms with Crippen molar-refractivity contribution < 1.29 is 4.79 Å². The van der Waals surface area contributed by atoms with Crippen LogP contribution in [0.2, 0.25) is 0 Å². The summed E-state index contributed by atoms with van der Waals surface area (Å²) in [6.45, 7) is 1.98. The Hall–Kier alpha value is -2.99. The van der Waals surface area contributed by atoms with Crippen molar-refractivity contribution in [2.75, 3.05) is 0 Å². The second kappa shape index (κ2) is 5.58. The van der Waals surface area contributed by atoms with Crippen LogP contribution >= 0.6 is 11.3 Å². The Bertz CT molecular complexity index is 1060. The topological polar surface area (TPSA) is 73.3 Å². The minimum Gasteiger partial charge on any atom is -0.364 e. The Kier molecular flexibility index (Phi) is 3.39. The predicted molar refractivity (Wildman–Crippen MR) is 95.0 cm³/mol. The lowest BCUT2D eigenvalue weighted by Gasteiger charge is -2.06. The molecule has 0 spiro atoms. The highest BCUT2D eigenvalue weighted by Crippen LogP contribution is 2.36. The van der Waals surface area contributed by atoms with Crippen molar-refractivity contribution in [2.45, 2.75) is 6.92 Å². The van der Waals surface area contributed by atoms with Crippen LogP contribution in [0, 0.1) is 6.92 Å². The Balaban J connectivity index is 1.88. The van der Waals surface area contributed by atoms with Gasteiger partial charge in [0.05, 0.1) is 11.9 Å². The SMILES string of the molecule is Cc1cccc(-c2ccsc2-c2ccc3ncc(C(N)=O)n3c2)n1. The highest BCUT2D eigenvalue weighted by Gasteiger charge is 2.13. The minimum atomic E-state index is -0.494. The molecule has 6 heteroatoms. The second-order valence-electron chi connectivity index (χ2n) is 5.48. The van der Waals surface area contributed by atoms with Crippen LogP contribution in [0.1, 0.15) is 16.2 Å². The van der Waals surface area contributed by atoms with Gasteiger partial charge in [0.25, 0.3) is 5.91 Å². The molecule has 4 heterocycles. The fraction of sp³-hybridized carbons (Fsp3) is 0.0556. The van der Waals surface area contributed by atoms with Crippen LogP contribution in [-0.4, -0.2) is 20.3 Å². The van der Waals surface area contributed by atoms with Gasteiger partial charge in [0.1, 0.15) is 11.3 Å². The van der Waals surface area contributed by atoms with E-state index in [0.717, 1.165) is 27.4 Å². The van der Waals surface area contributed by atoms with E-state index in [9.17, 15) is 4.79 Å². The third-order valence-electron chi connectivity index (χ3n) is 3.85. The minimum absolute atomic E-state index is 0.374. The Labute approximate surface area is 142 Å². The molecule has 0 aromatic carbocycles. The zero-order chi connectivity index (χ0) is 16.7. The third-order valence-corrected chi connectivity index (χ3v) is 4.81. The standard InChI is InChI=1S/C18H14N4OS/c1-11-3-2-4-14(21-11)13-7-8-24-17(13)12-5-6-16-20-9-15(18(19)23)22(16)10-12/h2-10H,1H3,(H2,19,23). The molecule has 0 aliphatic heterocycles. The number of fused-ring (bicyclic) bond motifs is 1. The summed E-state index contributed by atoms with van der Waals surface area (Å²) in [6.07, 6.45) is 3.40. The number of aryl methyl sites for hydroxylation is 1. The quantitative estimate of drug-likeness (QED) is 0.623. The number of pyridine rings is 2. The van der Waals surface area contributed by atoms with Crippen molar-refractivity contribution >= 4 is 22.9 Å². The molecule has 4 aromatic rings. The van der Waals surface area contributed by atoms with Crippen molar-refractivity contribution in [1.29, 1.82) is 0 Å². The van der Waals surface area contributed by atoms with Gasteiger partial charge in [-0.1, -0.05) is 6.07 Å². The molecule has 0 fully saturated rings. The van der Waals surface area contributed by atoms with Gasteiger partial charge in [0, 0.05) is 27.9 Å². The molecule has 0 unspecified atom stereocenters. The fourth-order valence-corrected chi connectivity index (χ4v) is 3.62. The Morgan fingerprint density at radius 2 is 2.08 bits per heavy atom. The first-order chi connectivity index (χ1) is 11.6. The van der Waals surface area contributed by atoms with Gasteiger partial charge in [-0.05, 0) is 42.6 Å². The molecule has 118 valence electrons. The van der Waals surface area contributed by atoms with Crippen LogP contribution in [0.4, 0.5) is 0 Å². The average molecular weight is 334 g/mol. The van der Waals surface area contributed by atoms with E-state index in [1.807, 2.05) is 48.8 Å². The molecule has 0 atom stereocenters. The average Bonchev–Trinajstić information content (AvgIpc) is 3.21. The summed E-state index contributed by atoms with van der Waals surface area (Å²) >= 11 is 1.64. The van der Waals surface area contributed by atoms with E-state index < -0.39 is 5.91 Å².